The molecule has 0 heterocycles. The summed E-state index contributed by atoms with van der Waals surface area (Å²) in [6.07, 6.45) is 93.6. The normalized spacial score (nSPS) is 12.9. The first-order valence-corrected chi connectivity index (χ1v) is 33.5. The van der Waals surface area contributed by atoms with Crippen LogP contribution < -0.4 is 0 Å². The maximum Gasteiger partial charge on any atom is 0.306 e. The minimum absolute atomic E-state index is 0.0809. The van der Waals surface area contributed by atoms with Crippen molar-refractivity contribution in [2.45, 2.75) is 316 Å². The second-order valence-electron chi connectivity index (χ2n) is 22.0. The molecule has 456 valence electrons. The molecule has 0 aromatic carbocycles. The van der Waals surface area contributed by atoms with Crippen molar-refractivity contribution < 1.29 is 28.6 Å². The summed E-state index contributed by atoms with van der Waals surface area (Å²) in [5, 5.41) is 0. The Morgan fingerprint density at radius 2 is 0.487 bits per heavy atom. The highest BCUT2D eigenvalue weighted by Crippen LogP contribution is 2.16. The molecular weight excluding hydrogens is 985 g/mol. The summed E-state index contributed by atoms with van der Waals surface area (Å²) in [7, 11) is 0. The molecule has 0 saturated heterocycles. The number of rotatable bonds is 60. The molecule has 0 rings (SSSR count). The first-order chi connectivity index (χ1) is 39.5. The Labute approximate surface area is 494 Å². The predicted octanol–water partition coefficient (Wildman–Crippen LogP) is 23.2. The van der Waals surface area contributed by atoms with E-state index in [0.717, 1.165) is 122 Å². The summed E-state index contributed by atoms with van der Waals surface area (Å²) in [6, 6.07) is 0. The number of unbranched alkanes of at least 4 members (excludes halogenated alkanes) is 29. The number of hydrogen-bond acceptors (Lipinski definition) is 6. The van der Waals surface area contributed by atoms with Crippen LogP contribution in [0.2, 0.25) is 0 Å². The summed E-state index contributed by atoms with van der Waals surface area (Å²) in [5.74, 6) is -0.889. The van der Waals surface area contributed by atoms with Crippen molar-refractivity contribution >= 4 is 17.9 Å². The molecule has 0 aromatic heterocycles. The van der Waals surface area contributed by atoms with Gasteiger partial charge in [0.25, 0.3) is 0 Å². The highest BCUT2D eigenvalue weighted by atomic mass is 16.6. The second kappa shape index (κ2) is 67.3. The third kappa shape index (κ3) is 64.6. The predicted molar refractivity (Wildman–Crippen MR) is 348 cm³/mol. The molecule has 0 saturated carbocycles. The Morgan fingerprint density at radius 3 is 0.775 bits per heavy atom. The smallest absolute Gasteiger partial charge is 0.306 e. The van der Waals surface area contributed by atoms with E-state index in [9.17, 15) is 14.4 Å². The Hall–Kier alpha value is -4.19. The second-order valence-corrected chi connectivity index (χ2v) is 22.0. The lowest BCUT2D eigenvalue weighted by Crippen LogP contribution is -2.30. The molecule has 0 aliphatic carbocycles. The van der Waals surface area contributed by atoms with Crippen molar-refractivity contribution in [1.29, 1.82) is 0 Å². The van der Waals surface area contributed by atoms with Gasteiger partial charge in [-0.25, -0.2) is 0 Å². The summed E-state index contributed by atoms with van der Waals surface area (Å²) >= 11 is 0. The van der Waals surface area contributed by atoms with Crippen LogP contribution >= 0.6 is 0 Å². The van der Waals surface area contributed by atoms with E-state index in [1.165, 1.54) is 148 Å². The summed E-state index contributed by atoms with van der Waals surface area (Å²) in [6.45, 7) is 6.50. The molecule has 0 bridgehead atoms. The lowest BCUT2D eigenvalue weighted by molar-refractivity contribution is -0.167. The van der Waals surface area contributed by atoms with E-state index in [2.05, 4.69) is 142 Å². The van der Waals surface area contributed by atoms with E-state index in [4.69, 9.17) is 14.2 Å². The first-order valence-electron chi connectivity index (χ1n) is 33.5. The van der Waals surface area contributed by atoms with E-state index in [0.29, 0.717) is 19.3 Å². The summed E-state index contributed by atoms with van der Waals surface area (Å²) in [5.41, 5.74) is 0. The zero-order valence-corrected chi connectivity index (χ0v) is 52.3. The summed E-state index contributed by atoms with van der Waals surface area (Å²) in [4.78, 5) is 38.2. The molecule has 6 heteroatoms. The van der Waals surface area contributed by atoms with Gasteiger partial charge in [0.15, 0.2) is 6.10 Å². The largest absolute Gasteiger partial charge is 0.462 e. The molecule has 1 atom stereocenters. The van der Waals surface area contributed by atoms with Gasteiger partial charge in [0.1, 0.15) is 13.2 Å². The third-order valence-corrected chi connectivity index (χ3v) is 14.2. The molecular formula is C74H124O6. The molecule has 80 heavy (non-hydrogen) atoms. The Bertz CT molecular complexity index is 1650. The molecule has 0 aliphatic rings. The molecule has 0 aromatic rings. The lowest BCUT2D eigenvalue weighted by atomic mass is 10.1. The van der Waals surface area contributed by atoms with Crippen LogP contribution in [-0.2, 0) is 28.6 Å². The molecule has 0 radical (unpaired) electrons. The highest BCUT2D eigenvalue weighted by Gasteiger charge is 2.19. The topological polar surface area (TPSA) is 78.9 Å². The quantitative estimate of drug-likeness (QED) is 0.0261. The van der Waals surface area contributed by atoms with Crippen molar-refractivity contribution in [2.24, 2.45) is 0 Å². The maximum absolute atomic E-state index is 12.9. The zero-order chi connectivity index (χ0) is 57.8. The molecule has 1 unspecified atom stereocenters. The van der Waals surface area contributed by atoms with Crippen molar-refractivity contribution in [2.75, 3.05) is 13.2 Å². The number of allylic oxidation sites excluding steroid dienone is 20. The van der Waals surface area contributed by atoms with Gasteiger partial charge in [-0.3, -0.25) is 14.4 Å². The Balaban J connectivity index is 4.17. The fraction of sp³-hybridized carbons (Fsp3) is 0.689. The minimum Gasteiger partial charge on any atom is -0.462 e. The van der Waals surface area contributed by atoms with Gasteiger partial charge in [-0.1, -0.05) is 296 Å². The number of carbonyl (C=O) groups is 3. The molecule has 0 N–H and O–H groups in total. The molecule has 0 aliphatic heterocycles. The molecule has 0 spiro atoms. The number of esters is 3. The number of carbonyl (C=O) groups excluding carboxylic acids is 3. The number of ether oxygens (including phenoxy) is 3. The fourth-order valence-electron chi connectivity index (χ4n) is 9.20. The Kier molecular flexibility index (Phi) is 63.8. The monoisotopic (exact) mass is 1110 g/mol. The van der Waals surface area contributed by atoms with Gasteiger partial charge in [-0.2, -0.15) is 0 Å². The van der Waals surface area contributed by atoms with Gasteiger partial charge in [0, 0.05) is 19.3 Å². The van der Waals surface area contributed by atoms with Crippen LogP contribution in [0.3, 0.4) is 0 Å². The van der Waals surface area contributed by atoms with Crippen molar-refractivity contribution in [1.82, 2.24) is 0 Å². The van der Waals surface area contributed by atoms with Gasteiger partial charge < -0.3 is 14.2 Å². The van der Waals surface area contributed by atoms with Crippen LogP contribution in [0.25, 0.3) is 0 Å². The number of hydrogen-bond donors (Lipinski definition) is 0. The van der Waals surface area contributed by atoms with Gasteiger partial charge >= 0.3 is 17.9 Å². The van der Waals surface area contributed by atoms with Crippen LogP contribution in [0.5, 0.6) is 0 Å². The molecule has 6 nitrogen and oxygen atoms in total. The van der Waals surface area contributed by atoms with Gasteiger partial charge in [-0.05, 0) is 116 Å². The fourth-order valence-corrected chi connectivity index (χ4v) is 9.20. The lowest BCUT2D eigenvalue weighted by Gasteiger charge is -2.18. The summed E-state index contributed by atoms with van der Waals surface area (Å²) < 4.78 is 16.9. The zero-order valence-electron chi connectivity index (χ0n) is 52.3. The van der Waals surface area contributed by atoms with Crippen LogP contribution in [0.1, 0.15) is 310 Å². The maximum atomic E-state index is 12.9. The van der Waals surface area contributed by atoms with Crippen molar-refractivity contribution in [3.05, 3.63) is 122 Å². The van der Waals surface area contributed by atoms with Crippen molar-refractivity contribution in [3.8, 4) is 0 Å². The van der Waals surface area contributed by atoms with Crippen LogP contribution in [0.4, 0.5) is 0 Å². The average molecular weight is 1110 g/mol. The van der Waals surface area contributed by atoms with E-state index < -0.39 is 6.10 Å². The van der Waals surface area contributed by atoms with E-state index in [1.54, 1.807) is 0 Å². The van der Waals surface area contributed by atoms with Crippen LogP contribution in [0.15, 0.2) is 122 Å². The van der Waals surface area contributed by atoms with Gasteiger partial charge in [0.2, 0.25) is 0 Å². The Morgan fingerprint density at radius 1 is 0.263 bits per heavy atom. The minimum atomic E-state index is -0.784. The van der Waals surface area contributed by atoms with Crippen molar-refractivity contribution in [3.63, 3.8) is 0 Å². The van der Waals surface area contributed by atoms with E-state index in [-0.39, 0.29) is 31.1 Å². The first kappa shape index (κ1) is 75.8. The molecule has 0 fully saturated rings. The van der Waals surface area contributed by atoms with E-state index >= 15 is 0 Å². The van der Waals surface area contributed by atoms with Gasteiger partial charge in [0.05, 0.1) is 0 Å². The average Bonchev–Trinajstić information content (AvgIpc) is 3.46. The van der Waals surface area contributed by atoms with Crippen LogP contribution in [-0.4, -0.2) is 37.2 Å². The SMILES string of the molecule is CC/C=C\C/C=C\C/C=C\C/C=C\C/C=C\C/C=C\C/C=C\C/C=C\CCCCCCCCCCCCC(=O)OCC(COC(=O)CCCCCCCCCCC)OC(=O)CCCCCCCCC/C=C\C/C=C\CCCCCC. The standard InChI is InChI=1S/C74H124O6/c1-4-7-10-13-16-19-21-23-25-27-29-30-31-32-33-34-35-36-37-38-39-40-41-42-43-44-45-47-48-50-52-55-58-61-64-67-73(76)79-70-71(69-78-72(75)66-63-60-57-54-18-15-12-9-6-3)80-74(77)68-65-62-59-56-53-51-49-46-28-26-24-22-20-17-14-11-8-5-2/h7,10,16,19-20,22-23,25-26,28-30,32-33,35-36,38-39,41-42,71H,4-6,8-9,11-15,17-18,21,24,27,31,34,37,40,43-70H2,1-3H3/b10-7-,19-16-,22-20-,25-23-,28-26-,30-29-,33-32-,36-35-,39-38-,42-41-. The third-order valence-electron chi connectivity index (χ3n) is 14.2. The van der Waals surface area contributed by atoms with Gasteiger partial charge in [-0.15, -0.1) is 0 Å². The van der Waals surface area contributed by atoms with Crippen LogP contribution in [0, 0.1) is 0 Å². The highest BCUT2D eigenvalue weighted by molar-refractivity contribution is 5.71. The van der Waals surface area contributed by atoms with E-state index in [1.807, 2.05) is 0 Å². The molecule has 0 amide bonds.